The molecule has 0 bridgehead atoms. The van der Waals surface area contributed by atoms with E-state index in [0.717, 1.165) is 0 Å². The second-order valence-electron chi connectivity index (χ2n) is 6.96. The van der Waals surface area contributed by atoms with Gasteiger partial charge in [-0.15, -0.1) is 0 Å². The van der Waals surface area contributed by atoms with E-state index in [1.807, 2.05) is 0 Å². The van der Waals surface area contributed by atoms with Gasteiger partial charge in [0.1, 0.15) is 22.2 Å². The van der Waals surface area contributed by atoms with E-state index in [4.69, 9.17) is 13.6 Å². The van der Waals surface area contributed by atoms with Gasteiger partial charge < -0.3 is 18.5 Å². The van der Waals surface area contributed by atoms with Crippen LogP contribution >= 0.6 is 0 Å². The van der Waals surface area contributed by atoms with Crippen molar-refractivity contribution in [3.8, 4) is 5.75 Å². The number of amides is 1. The normalized spacial score (nSPS) is 11.6. The minimum absolute atomic E-state index is 0.0968. The molecule has 0 aliphatic rings. The van der Waals surface area contributed by atoms with E-state index in [1.165, 1.54) is 42.7 Å². The van der Waals surface area contributed by atoms with Crippen molar-refractivity contribution >= 4 is 15.9 Å². The maximum atomic E-state index is 13.3. The molecule has 0 fully saturated rings. The van der Waals surface area contributed by atoms with E-state index in [-0.39, 0.29) is 41.2 Å². The Kier molecular flexibility index (Phi) is 6.63. The smallest absolute Gasteiger partial charge is 0.254 e. The fourth-order valence-corrected chi connectivity index (χ4v) is 4.40. The number of methoxy groups -OCH3 is 1. The summed E-state index contributed by atoms with van der Waals surface area (Å²) in [5, 5.41) is 0. The lowest BCUT2D eigenvalue weighted by Gasteiger charge is -2.21. The second kappa shape index (κ2) is 9.19. The maximum absolute atomic E-state index is 13.3. The van der Waals surface area contributed by atoms with Crippen molar-refractivity contribution < 1.29 is 26.8 Å². The van der Waals surface area contributed by atoms with Gasteiger partial charge in [0.05, 0.1) is 32.7 Å². The number of furan rings is 2. The second-order valence-corrected chi connectivity index (χ2v) is 8.64. The van der Waals surface area contributed by atoms with Gasteiger partial charge in [0, 0.05) is 11.6 Å². The highest BCUT2D eigenvalue weighted by molar-refractivity contribution is 7.89. The summed E-state index contributed by atoms with van der Waals surface area (Å²) in [6.45, 7) is 3.83. The largest absolute Gasteiger partial charge is 0.495 e. The molecule has 2 aromatic heterocycles. The van der Waals surface area contributed by atoms with Gasteiger partial charge in [-0.1, -0.05) is 0 Å². The van der Waals surface area contributed by atoms with Crippen LogP contribution in [0.3, 0.4) is 0 Å². The third-order valence-corrected chi connectivity index (χ3v) is 5.91. The van der Waals surface area contributed by atoms with Crippen LogP contribution < -0.4 is 9.46 Å². The fourth-order valence-electron chi connectivity index (χ4n) is 2.96. The molecule has 0 aliphatic carbocycles. The molecule has 1 amide bonds. The lowest BCUT2D eigenvalue weighted by Crippen LogP contribution is -2.32. The Hall–Kier alpha value is -3.04. The van der Waals surface area contributed by atoms with E-state index in [0.29, 0.717) is 11.5 Å². The first-order valence-corrected chi connectivity index (χ1v) is 10.8. The van der Waals surface area contributed by atoms with E-state index in [9.17, 15) is 13.2 Å². The number of hydrogen-bond donors (Lipinski definition) is 1. The molecular formula is C21H24N2O6S. The van der Waals surface area contributed by atoms with Gasteiger partial charge in [0.15, 0.2) is 0 Å². The standard InChI is InChI=1S/C21H24N2O6S/c1-15(2)22-30(25,26)20-12-16(8-9-19(20)27-3)21(24)23(13-17-6-4-10-28-17)14-18-7-5-11-29-18/h4-12,15,22H,13-14H2,1-3H3. The van der Waals surface area contributed by atoms with Gasteiger partial charge in [-0.25, -0.2) is 13.1 Å². The minimum atomic E-state index is -3.87. The lowest BCUT2D eigenvalue weighted by atomic mass is 10.1. The molecule has 2 heterocycles. The average molecular weight is 432 g/mol. The summed E-state index contributed by atoms with van der Waals surface area (Å²) in [5.41, 5.74) is 0.207. The van der Waals surface area contributed by atoms with Crippen LogP contribution in [0.2, 0.25) is 0 Å². The highest BCUT2D eigenvalue weighted by Gasteiger charge is 2.25. The molecule has 0 saturated carbocycles. The molecule has 1 N–H and O–H groups in total. The highest BCUT2D eigenvalue weighted by atomic mass is 32.2. The summed E-state index contributed by atoms with van der Waals surface area (Å²) in [7, 11) is -2.49. The summed E-state index contributed by atoms with van der Waals surface area (Å²) in [4.78, 5) is 14.7. The van der Waals surface area contributed by atoms with Crippen LogP contribution in [0.1, 0.15) is 35.7 Å². The fraction of sp³-hybridized carbons (Fsp3) is 0.286. The van der Waals surface area contributed by atoms with Gasteiger partial charge >= 0.3 is 0 Å². The van der Waals surface area contributed by atoms with E-state index in [1.54, 1.807) is 38.1 Å². The molecule has 0 saturated heterocycles. The van der Waals surface area contributed by atoms with Crippen LogP contribution in [0.25, 0.3) is 0 Å². The van der Waals surface area contributed by atoms with Crippen LogP contribution in [0.15, 0.2) is 68.7 Å². The molecule has 160 valence electrons. The topological polar surface area (TPSA) is 102 Å². The van der Waals surface area contributed by atoms with Crippen LogP contribution in [-0.2, 0) is 23.1 Å². The molecular weight excluding hydrogens is 408 g/mol. The first-order chi connectivity index (χ1) is 14.3. The molecule has 30 heavy (non-hydrogen) atoms. The number of carbonyl (C=O) groups is 1. The van der Waals surface area contributed by atoms with E-state index >= 15 is 0 Å². The minimum Gasteiger partial charge on any atom is -0.495 e. The number of carbonyl (C=O) groups excluding carboxylic acids is 1. The zero-order valence-corrected chi connectivity index (χ0v) is 17.8. The molecule has 0 aliphatic heterocycles. The number of nitrogens with zero attached hydrogens (tertiary/aromatic N) is 1. The number of ether oxygens (including phenoxy) is 1. The van der Waals surface area contributed by atoms with Gasteiger partial charge in [-0.05, 0) is 56.3 Å². The first kappa shape index (κ1) is 21.7. The molecule has 1 aromatic carbocycles. The number of benzene rings is 1. The third-order valence-electron chi connectivity index (χ3n) is 4.23. The Morgan fingerprint density at radius 2 is 1.67 bits per heavy atom. The van der Waals surface area contributed by atoms with Crippen molar-refractivity contribution in [1.29, 1.82) is 0 Å². The average Bonchev–Trinajstić information content (AvgIpc) is 3.39. The zero-order chi connectivity index (χ0) is 21.7. The first-order valence-electron chi connectivity index (χ1n) is 9.34. The summed E-state index contributed by atoms with van der Waals surface area (Å²) in [5.74, 6) is 0.977. The Bertz CT molecular complexity index is 1040. The third kappa shape index (κ3) is 5.11. The Morgan fingerprint density at radius 3 is 2.13 bits per heavy atom. The van der Waals surface area contributed by atoms with Gasteiger partial charge in [0.25, 0.3) is 5.91 Å². The number of nitrogens with one attached hydrogen (secondary N) is 1. The zero-order valence-electron chi connectivity index (χ0n) is 17.0. The quantitative estimate of drug-likeness (QED) is 0.556. The summed E-state index contributed by atoms with van der Waals surface area (Å²) >= 11 is 0. The van der Waals surface area contributed by atoms with Crippen molar-refractivity contribution in [2.45, 2.75) is 37.9 Å². The van der Waals surface area contributed by atoms with E-state index in [2.05, 4.69) is 4.72 Å². The lowest BCUT2D eigenvalue weighted by molar-refractivity contribution is 0.0704. The predicted molar refractivity (Wildman–Crippen MR) is 109 cm³/mol. The Labute approximate surface area is 175 Å². The molecule has 0 radical (unpaired) electrons. The van der Waals surface area contributed by atoms with Crippen molar-refractivity contribution in [3.63, 3.8) is 0 Å². The van der Waals surface area contributed by atoms with Crippen LogP contribution in [0.4, 0.5) is 0 Å². The summed E-state index contributed by atoms with van der Waals surface area (Å²) in [6, 6.07) is 11.0. The Balaban J connectivity index is 1.96. The van der Waals surface area contributed by atoms with E-state index < -0.39 is 10.0 Å². The molecule has 8 nitrogen and oxygen atoms in total. The van der Waals surface area contributed by atoms with Crippen molar-refractivity contribution in [2.24, 2.45) is 0 Å². The molecule has 3 rings (SSSR count). The number of rotatable bonds is 9. The maximum Gasteiger partial charge on any atom is 0.254 e. The van der Waals surface area contributed by atoms with Crippen molar-refractivity contribution in [1.82, 2.24) is 9.62 Å². The molecule has 0 spiro atoms. The SMILES string of the molecule is COc1ccc(C(=O)N(Cc2ccco2)Cc2ccco2)cc1S(=O)(=O)NC(C)C. The number of hydrogen-bond acceptors (Lipinski definition) is 6. The monoisotopic (exact) mass is 432 g/mol. The summed E-state index contributed by atoms with van der Waals surface area (Å²) < 4.78 is 43.9. The van der Waals surface area contributed by atoms with Crippen LogP contribution in [-0.4, -0.2) is 32.4 Å². The molecule has 0 unspecified atom stereocenters. The molecule has 0 atom stereocenters. The molecule has 3 aromatic rings. The van der Waals surface area contributed by atoms with Crippen molar-refractivity contribution in [3.05, 3.63) is 72.1 Å². The van der Waals surface area contributed by atoms with Gasteiger partial charge in [0.2, 0.25) is 10.0 Å². The van der Waals surface area contributed by atoms with Crippen LogP contribution in [0.5, 0.6) is 5.75 Å². The van der Waals surface area contributed by atoms with Crippen LogP contribution in [0, 0.1) is 0 Å². The van der Waals surface area contributed by atoms with Gasteiger partial charge in [-0.2, -0.15) is 0 Å². The Morgan fingerprint density at radius 1 is 1.07 bits per heavy atom. The predicted octanol–water partition coefficient (Wildman–Crippen LogP) is 3.41. The number of sulfonamides is 1. The molecule has 9 heteroatoms. The highest BCUT2D eigenvalue weighted by Crippen LogP contribution is 2.26. The van der Waals surface area contributed by atoms with Gasteiger partial charge in [-0.3, -0.25) is 4.79 Å². The summed E-state index contributed by atoms with van der Waals surface area (Å²) in [6.07, 6.45) is 3.06. The van der Waals surface area contributed by atoms with Crippen molar-refractivity contribution in [2.75, 3.05) is 7.11 Å².